The van der Waals surface area contributed by atoms with Gasteiger partial charge in [0.15, 0.2) is 11.3 Å². The summed E-state index contributed by atoms with van der Waals surface area (Å²) in [6.45, 7) is 0. The summed E-state index contributed by atoms with van der Waals surface area (Å²) >= 11 is 0. The van der Waals surface area contributed by atoms with Crippen molar-refractivity contribution >= 4 is 22.7 Å². The van der Waals surface area contributed by atoms with Crippen molar-refractivity contribution in [1.29, 1.82) is 5.26 Å². The largest absolute Gasteiger partial charge is 0.352 e. The van der Waals surface area contributed by atoms with Gasteiger partial charge in [-0.15, -0.1) is 10.2 Å². The van der Waals surface area contributed by atoms with E-state index in [1.807, 2.05) is 18.3 Å². The summed E-state index contributed by atoms with van der Waals surface area (Å²) in [4.78, 5) is 19.0. The van der Waals surface area contributed by atoms with E-state index < -0.39 is 0 Å². The fourth-order valence-electron chi connectivity index (χ4n) is 3.51. The summed E-state index contributed by atoms with van der Waals surface area (Å²) in [5.74, 6) is 1.08. The second-order valence-electron chi connectivity index (χ2n) is 6.17. The molecule has 1 amide bonds. The molecular formula is C16H17N7O. The number of H-pyrrole nitrogens is 1. The lowest BCUT2D eigenvalue weighted by atomic mass is 9.85. The van der Waals surface area contributed by atoms with E-state index in [2.05, 4.69) is 29.9 Å². The van der Waals surface area contributed by atoms with Gasteiger partial charge in [0.25, 0.3) is 0 Å². The zero-order valence-corrected chi connectivity index (χ0v) is 13.1. The van der Waals surface area contributed by atoms with Crippen molar-refractivity contribution < 1.29 is 4.79 Å². The first-order chi connectivity index (χ1) is 11.8. The monoisotopic (exact) mass is 323 g/mol. The molecule has 8 heteroatoms. The second-order valence-corrected chi connectivity index (χ2v) is 6.17. The maximum atomic E-state index is 11.5. The van der Waals surface area contributed by atoms with Crippen LogP contribution in [0.4, 0.5) is 0 Å². The lowest BCUT2D eigenvalue weighted by Gasteiger charge is -2.28. The van der Waals surface area contributed by atoms with Crippen LogP contribution in [0.5, 0.6) is 0 Å². The zero-order valence-electron chi connectivity index (χ0n) is 13.1. The molecule has 0 bridgehead atoms. The van der Waals surface area contributed by atoms with Gasteiger partial charge in [0.1, 0.15) is 12.2 Å². The molecule has 0 radical (unpaired) electrons. The van der Waals surface area contributed by atoms with Gasteiger partial charge in [0.05, 0.1) is 17.8 Å². The van der Waals surface area contributed by atoms with Crippen molar-refractivity contribution in [3.8, 4) is 6.07 Å². The number of hydrogen-bond acceptors (Lipinski definition) is 5. The van der Waals surface area contributed by atoms with Crippen molar-refractivity contribution in [3.05, 3.63) is 24.3 Å². The molecule has 0 aliphatic heterocycles. The van der Waals surface area contributed by atoms with Crippen LogP contribution >= 0.6 is 0 Å². The summed E-state index contributed by atoms with van der Waals surface area (Å²) < 4.78 is 2.07. The maximum Gasteiger partial charge on any atom is 0.234 e. The Morgan fingerprint density at radius 2 is 2.21 bits per heavy atom. The first kappa shape index (κ1) is 14.6. The summed E-state index contributed by atoms with van der Waals surface area (Å²) in [5, 5.41) is 20.1. The van der Waals surface area contributed by atoms with Gasteiger partial charge in [-0.2, -0.15) is 5.26 Å². The van der Waals surface area contributed by atoms with Gasteiger partial charge >= 0.3 is 0 Å². The molecule has 4 rings (SSSR count). The van der Waals surface area contributed by atoms with Gasteiger partial charge < -0.3 is 10.3 Å². The first-order valence-electron chi connectivity index (χ1n) is 8.09. The number of nitrogens with one attached hydrogen (secondary N) is 2. The SMILES string of the molecule is N#CCC(=O)N[C@H]1CC[C@H](c2nnc3cnc4[nH]ccc4n32)CC1. The van der Waals surface area contributed by atoms with Gasteiger partial charge in [0.2, 0.25) is 5.91 Å². The van der Waals surface area contributed by atoms with Crippen LogP contribution in [0.1, 0.15) is 43.8 Å². The quantitative estimate of drug-likeness (QED) is 0.761. The molecule has 0 unspecified atom stereocenters. The Morgan fingerprint density at radius 1 is 1.38 bits per heavy atom. The molecule has 3 heterocycles. The zero-order chi connectivity index (χ0) is 16.5. The highest BCUT2D eigenvalue weighted by molar-refractivity contribution is 5.78. The normalized spacial score (nSPS) is 21.0. The highest BCUT2D eigenvalue weighted by Crippen LogP contribution is 2.33. The van der Waals surface area contributed by atoms with E-state index >= 15 is 0 Å². The number of carbonyl (C=O) groups excluding carboxylic acids is 1. The topological polar surface area (TPSA) is 112 Å². The fraction of sp³-hybridized carbons (Fsp3) is 0.438. The van der Waals surface area contributed by atoms with Crippen LogP contribution in [0.15, 0.2) is 18.5 Å². The van der Waals surface area contributed by atoms with E-state index in [4.69, 9.17) is 5.26 Å². The van der Waals surface area contributed by atoms with Crippen molar-refractivity contribution in [1.82, 2.24) is 29.9 Å². The second kappa shape index (κ2) is 5.92. The molecule has 0 atom stereocenters. The van der Waals surface area contributed by atoms with Crippen LogP contribution in [0, 0.1) is 11.3 Å². The lowest BCUT2D eigenvalue weighted by molar-refractivity contribution is -0.121. The molecule has 1 fully saturated rings. The first-order valence-corrected chi connectivity index (χ1v) is 8.09. The van der Waals surface area contributed by atoms with Crippen LogP contribution in [0.25, 0.3) is 16.8 Å². The molecule has 3 aromatic rings. The van der Waals surface area contributed by atoms with Gasteiger partial charge in [-0.05, 0) is 31.7 Å². The Kier molecular flexibility index (Phi) is 3.61. The predicted octanol–water partition coefficient (Wildman–Crippen LogP) is 1.66. The van der Waals surface area contributed by atoms with Crippen molar-refractivity contribution in [2.75, 3.05) is 0 Å². The number of aromatic amines is 1. The highest BCUT2D eigenvalue weighted by Gasteiger charge is 2.27. The minimum Gasteiger partial charge on any atom is -0.352 e. The molecule has 0 saturated heterocycles. The van der Waals surface area contributed by atoms with Crippen molar-refractivity contribution in [2.24, 2.45) is 0 Å². The summed E-state index contributed by atoms with van der Waals surface area (Å²) in [7, 11) is 0. The summed E-state index contributed by atoms with van der Waals surface area (Å²) in [6.07, 6.45) is 7.16. The number of rotatable bonds is 3. The number of amides is 1. The lowest BCUT2D eigenvalue weighted by Crippen LogP contribution is -2.37. The molecule has 0 spiro atoms. The van der Waals surface area contributed by atoms with Crippen LogP contribution in [0.2, 0.25) is 0 Å². The Bertz CT molecular complexity index is 927. The van der Waals surface area contributed by atoms with E-state index in [0.717, 1.165) is 48.3 Å². The molecule has 1 aliphatic carbocycles. The number of fused-ring (bicyclic) bond motifs is 3. The van der Waals surface area contributed by atoms with Crippen LogP contribution in [-0.2, 0) is 4.79 Å². The highest BCUT2D eigenvalue weighted by atomic mass is 16.1. The number of nitriles is 1. The summed E-state index contributed by atoms with van der Waals surface area (Å²) in [5.41, 5.74) is 2.56. The third-order valence-corrected chi connectivity index (χ3v) is 4.66. The predicted molar refractivity (Wildman–Crippen MR) is 86.0 cm³/mol. The smallest absolute Gasteiger partial charge is 0.234 e. The van der Waals surface area contributed by atoms with Crippen molar-refractivity contribution in [3.63, 3.8) is 0 Å². The Balaban J connectivity index is 1.54. The minimum absolute atomic E-state index is 0.0762. The van der Waals surface area contributed by atoms with Gasteiger partial charge in [-0.25, -0.2) is 4.98 Å². The maximum absolute atomic E-state index is 11.5. The van der Waals surface area contributed by atoms with E-state index in [9.17, 15) is 4.79 Å². The van der Waals surface area contributed by atoms with E-state index in [1.54, 1.807) is 6.20 Å². The van der Waals surface area contributed by atoms with Crippen LogP contribution < -0.4 is 5.32 Å². The number of aromatic nitrogens is 5. The van der Waals surface area contributed by atoms with Crippen molar-refractivity contribution in [2.45, 2.75) is 44.1 Å². The molecule has 1 saturated carbocycles. The molecule has 1 aliphatic rings. The van der Waals surface area contributed by atoms with E-state index in [-0.39, 0.29) is 18.4 Å². The van der Waals surface area contributed by atoms with Gasteiger partial charge in [0, 0.05) is 18.2 Å². The fourth-order valence-corrected chi connectivity index (χ4v) is 3.51. The summed E-state index contributed by atoms with van der Waals surface area (Å²) in [6, 6.07) is 4.01. The molecular weight excluding hydrogens is 306 g/mol. The van der Waals surface area contributed by atoms with Crippen LogP contribution in [-0.4, -0.2) is 36.5 Å². The average Bonchev–Trinajstić information content (AvgIpc) is 3.21. The molecule has 24 heavy (non-hydrogen) atoms. The van der Waals surface area contributed by atoms with E-state index in [1.165, 1.54) is 0 Å². The van der Waals surface area contributed by atoms with E-state index in [0.29, 0.717) is 5.92 Å². The third kappa shape index (κ3) is 2.48. The Hall–Kier alpha value is -2.95. The van der Waals surface area contributed by atoms with Gasteiger partial charge in [-0.3, -0.25) is 9.20 Å². The Labute approximate surface area is 137 Å². The molecule has 3 aromatic heterocycles. The van der Waals surface area contributed by atoms with Gasteiger partial charge in [-0.1, -0.05) is 0 Å². The number of hydrogen-bond donors (Lipinski definition) is 2. The molecule has 122 valence electrons. The van der Waals surface area contributed by atoms with Crippen LogP contribution in [0.3, 0.4) is 0 Å². The minimum atomic E-state index is -0.186. The molecule has 8 nitrogen and oxygen atoms in total. The Morgan fingerprint density at radius 3 is 3.00 bits per heavy atom. The third-order valence-electron chi connectivity index (χ3n) is 4.66. The standard InChI is InChI=1S/C16H17N7O/c17-7-5-14(24)20-11-3-1-10(2-4-11)16-22-21-13-9-19-15-12(23(13)16)6-8-18-15/h6,8-11,18H,1-5H2,(H,20,24)/t10-,11-. The average molecular weight is 323 g/mol. The molecule has 0 aromatic carbocycles. The number of carbonyl (C=O) groups is 1. The molecule has 2 N–H and O–H groups in total. The number of nitrogens with zero attached hydrogens (tertiary/aromatic N) is 5.